The first-order chi connectivity index (χ1) is 45.8. The molecule has 0 heteroatoms. The Bertz CT molecular complexity index is 4190. The first kappa shape index (κ1) is 79.2. The van der Waals surface area contributed by atoms with Crippen LogP contribution in [0.15, 0.2) is 146 Å². The number of hydrogen-bond donors (Lipinski definition) is 0. The smallest absolute Gasteiger partial charge is 0.0125 e. The highest BCUT2D eigenvalue weighted by molar-refractivity contribution is 5.76. The molecule has 0 saturated heterocycles. The van der Waals surface area contributed by atoms with E-state index in [9.17, 15) is 0 Å². The monoisotopic (exact) mass is 1300 g/mol. The molecule has 0 heterocycles. The molecular weight excluding hydrogens is 1180 g/mol. The second-order valence-corrected chi connectivity index (χ2v) is 31.5. The second kappa shape index (κ2) is 34.3. The zero-order chi connectivity index (χ0) is 73.0. The maximum Gasteiger partial charge on any atom is -0.0125 e. The van der Waals surface area contributed by atoms with Crippen molar-refractivity contribution in [2.45, 2.75) is 257 Å². The Morgan fingerprint density at radius 2 is 0.449 bits per heavy atom. The van der Waals surface area contributed by atoms with Crippen molar-refractivity contribution in [3.05, 3.63) is 290 Å². The van der Waals surface area contributed by atoms with E-state index in [0.717, 1.165) is 0 Å². The molecule has 10 rings (SSSR count). The Morgan fingerprint density at radius 3 is 0.714 bits per heavy atom. The fourth-order valence-corrected chi connectivity index (χ4v) is 13.9. The van der Waals surface area contributed by atoms with Crippen LogP contribution in [0, 0.1) is 152 Å². The first-order valence-corrected chi connectivity index (χ1v) is 36.8. The third-order valence-electron chi connectivity index (χ3n) is 21.2. The van der Waals surface area contributed by atoms with E-state index < -0.39 is 0 Å². The van der Waals surface area contributed by atoms with E-state index in [0.29, 0.717) is 0 Å². The Kier molecular flexibility index (Phi) is 27.7. The zero-order valence-electron chi connectivity index (χ0n) is 67.1. The van der Waals surface area contributed by atoms with Gasteiger partial charge < -0.3 is 0 Å². The van der Waals surface area contributed by atoms with Gasteiger partial charge in [-0.3, -0.25) is 0 Å². The van der Waals surface area contributed by atoms with Gasteiger partial charge in [-0.05, 0) is 384 Å². The van der Waals surface area contributed by atoms with E-state index in [-0.39, 0.29) is 10.8 Å². The van der Waals surface area contributed by atoms with Gasteiger partial charge in [0, 0.05) is 0 Å². The molecule has 0 radical (unpaired) electrons. The lowest BCUT2D eigenvalue weighted by Crippen LogP contribution is -2.12. The van der Waals surface area contributed by atoms with E-state index >= 15 is 0 Å². The van der Waals surface area contributed by atoms with Gasteiger partial charge >= 0.3 is 0 Å². The molecule has 0 spiro atoms. The average Bonchev–Trinajstić information content (AvgIpc) is 0.816. The topological polar surface area (TPSA) is 0 Å². The number of unbranched alkanes of at least 4 members (excludes halogenated alkanes) is 2. The van der Waals surface area contributed by atoms with Crippen LogP contribution in [-0.2, 0) is 23.7 Å². The van der Waals surface area contributed by atoms with Crippen molar-refractivity contribution >= 4 is 0 Å². The van der Waals surface area contributed by atoms with E-state index in [1.807, 2.05) is 0 Å². The number of hydrogen-bond acceptors (Lipinski definition) is 0. The highest BCUT2D eigenvalue weighted by atomic mass is 14.2. The van der Waals surface area contributed by atoms with Crippen molar-refractivity contribution in [3.8, 4) is 55.6 Å². The minimum absolute atomic E-state index is 0.202. The van der Waals surface area contributed by atoms with Gasteiger partial charge in [0.05, 0.1) is 0 Å². The van der Waals surface area contributed by atoms with Crippen LogP contribution in [-0.4, -0.2) is 0 Å². The van der Waals surface area contributed by atoms with Gasteiger partial charge in [0.15, 0.2) is 0 Å². The fourth-order valence-electron chi connectivity index (χ4n) is 13.9. The van der Waals surface area contributed by atoms with E-state index in [1.54, 1.807) is 0 Å². The largest absolute Gasteiger partial charge is 0.0654 e. The quantitative estimate of drug-likeness (QED) is 0.121. The number of aryl methyl sites for hydroxylation is 19. The molecule has 0 bridgehead atoms. The highest BCUT2D eigenvalue weighted by Crippen LogP contribution is 2.37. The summed E-state index contributed by atoms with van der Waals surface area (Å²) in [5, 5.41) is 0. The standard InChI is InChI=1S/2C21H28.2C19H24.C18H22/c1-13-9-18(10-14(2)17(13)5)20-15(3)11-19(12-16(20)4)21(6,7)8;1-7-8-9-19-10-16(4)21(17(5)11-19)20-12-14(2)18(6)15(3)13-20;1-13-11-17(12-14(2)15(13)3)16-7-9-18(10-8-16)19(4,5)6;1-5-6-7-17-8-10-18(11-9-17)19-12-14(2)16(4)15(3)13-19;1-11-7-14(4)18(15(5)8-11)17-9-12(2)16(6)13(3)10-17/h9-12H,1-8H3;10-13H,7-9H2,1-6H3;7-12H,1-6H3;8-13H,5-7H2,1-4H3;7-10H,1-6H3. The van der Waals surface area contributed by atoms with Crippen LogP contribution in [0.1, 0.15) is 226 Å². The molecule has 518 valence electrons. The van der Waals surface area contributed by atoms with Crippen molar-refractivity contribution in [1.82, 2.24) is 0 Å². The molecular formula is C98H126. The molecule has 0 aliphatic heterocycles. The normalized spacial score (nSPS) is 11.2. The summed E-state index contributed by atoms with van der Waals surface area (Å²) in [4.78, 5) is 0. The molecule has 0 unspecified atom stereocenters. The van der Waals surface area contributed by atoms with Gasteiger partial charge in [-0.2, -0.15) is 0 Å². The molecule has 0 saturated carbocycles. The molecule has 0 fully saturated rings. The van der Waals surface area contributed by atoms with E-state index in [2.05, 4.69) is 353 Å². The molecule has 0 amide bonds. The zero-order valence-corrected chi connectivity index (χ0v) is 67.1. The van der Waals surface area contributed by atoms with Gasteiger partial charge in [0.1, 0.15) is 0 Å². The van der Waals surface area contributed by atoms with Gasteiger partial charge in [-0.25, -0.2) is 0 Å². The van der Waals surface area contributed by atoms with Gasteiger partial charge in [0.25, 0.3) is 0 Å². The highest BCUT2D eigenvalue weighted by Gasteiger charge is 2.19. The fraction of sp³-hybridized carbons (Fsp3) is 0.388. The second-order valence-electron chi connectivity index (χ2n) is 31.5. The van der Waals surface area contributed by atoms with Crippen molar-refractivity contribution < 1.29 is 0 Å². The van der Waals surface area contributed by atoms with Crippen LogP contribution in [0.25, 0.3) is 55.6 Å². The lowest BCUT2D eigenvalue weighted by Gasteiger charge is -2.23. The minimum Gasteiger partial charge on any atom is -0.0654 e. The summed E-state index contributed by atoms with van der Waals surface area (Å²) in [5.74, 6) is 0. The summed E-state index contributed by atoms with van der Waals surface area (Å²) in [6, 6.07) is 55.2. The molecule has 0 atom stereocenters. The van der Waals surface area contributed by atoms with Crippen molar-refractivity contribution in [3.63, 3.8) is 0 Å². The Balaban J connectivity index is 0.000000194. The lowest BCUT2D eigenvalue weighted by atomic mass is 9.82. The average molecular weight is 1300 g/mol. The Labute approximate surface area is 599 Å². The maximum absolute atomic E-state index is 2.38. The van der Waals surface area contributed by atoms with Crippen LogP contribution in [0.3, 0.4) is 0 Å². The molecule has 0 aliphatic carbocycles. The van der Waals surface area contributed by atoms with Crippen molar-refractivity contribution in [2.75, 3.05) is 0 Å². The minimum atomic E-state index is 0.202. The summed E-state index contributed by atoms with van der Waals surface area (Å²) in [7, 11) is 0. The third-order valence-corrected chi connectivity index (χ3v) is 21.2. The first-order valence-electron chi connectivity index (χ1n) is 36.8. The van der Waals surface area contributed by atoms with E-state index in [1.165, 1.54) is 239 Å². The predicted molar refractivity (Wildman–Crippen MR) is 438 cm³/mol. The summed E-state index contributed by atoms with van der Waals surface area (Å²) < 4.78 is 0. The summed E-state index contributed by atoms with van der Waals surface area (Å²) in [6.07, 6.45) is 7.48. The molecule has 0 nitrogen and oxygen atoms in total. The van der Waals surface area contributed by atoms with Gasteiger partial charge in [-0.15, -0.1) is 0 Å². The van der Waals surface area contributed by atoms with Gasteiger partial charge in [-0.1, -0.05) is 219 Å². The summed E-state index contributed by atoms with van der Waals surface area (Å²) >= 11 is 0. The van der Waals surface area contributed by atoms with Crippen LogP contribution in [0.2, 0.25) is 0 Å². The summed E-state index contributed by atoms with van der Waals surface area (Å²) in [6.45, 7) is 66.7. The van der Waals surface area contributed by atoms with E-state index in [4.69, 9.17) is 0 Å². The van der Waals surface area contributed by atoms with Gasteiger partial charge in [0.2, 0.25) is 0 Å². The van der Waals surface area contributed by atoms with Crippen molar-refractivity contribution in [2.24, 2.45) is 0 Å². The lowest BCUT2D eigenvalue weighted by molar-refractivity contribution is 0.589. The number of rotatable bonds is 11. The van der Waals surface area contributed by atoms with Crippen LogP contribution in [0.5, 0.6) is 0 Å². The maximum atomic E-state index is 2.38. The predicted octanol–water partition coefficient (Wildman–Crippen LogP) is 28.8. The third kappa shape index (κ3) is 20.7. The Morgan fingerprint density at radius 1 is 0.214 bits per heavy atom. The molecule has 10 aromatic rings. The molecule has 0 aromatic heterocycles. The molecule has 0 N–H and O–H groups in total. The SMILES string of the molecule is CCCCc1cc(C)c(-c2cc(C)c(C)c(C)c2)c(C)c1.CCCCc1ccc(-c2cc(C)c(C)c(C)c2)cc1.Cc1cc(-c2c(C)cc(C(C)(C)C)cc2C)cc(C)c1C.Cc1cc(-c2ccc(C(C)(C)C)cc2)cc(C)c1C.Cc1cc(C)c(-c2cc(C)c(C)c(C)c2)c(C)c1. The molecule has 10 aromatic carbocycles. The summed E-state index contributed by atoms with van der Waals surface area (Å²) in [5.41, 5.74) is 50.2. The van der Waals surface area contributed by atoms with Crippen LogP contribution >= 0.6 is 0 Å². The van der Waals surface area contributed by atoms with Crippen LogP contribution < -0.4 is 0 Å². The molecule has 0 aliphatic rings. The molecule has 98 heavy (non-hydrogen) atoms. The van der Waals surface area contributed by atoms with Crippen LogP contribution in [0.4, 0.5) is 0 Å². The Hall–Kier alpha value is -7.80. The number of benzene rings is 10. The van der Waals surface area contributed by atoms with Crippen molar-refractivity contribution in [1.29, 1.82) is 0 Å².